The zero-order valence-electron chi connectivity index (χ0n) is 14.8. The minimum absolute atomic E-state index is 0.109. The minimum Gasteiger partial charge on any atom is -0.394 e. The van der Waals surface area contributed by atoms with Crippen LogP contribution in [0.25, 0.3) is 0 Å². The lowest BCUT2D eigenvalue weighted by atomic mass is 10.4. The Kier molecular flexibility index (Phi) is 10.3. The highest BCUT2D eigenvalue weighted by Gasteiger charge is 2.29. The van der Waals surface area contributed by atoms with Crippen LogP contribution in [0, 0.1) is 0 Å². The number of hydrogen-bond acceptors (Lipinski definition) is 2. The van der Waals surface area contributed by atoms with Gasteiger partial charge in [-0.25, -0.2) is 0 Å². The van der Waals surface area contributed by atoms with E-state index in [1.54, 1.807) is 0 Å². The molecule has 0 heterocycles. The summed E-state index contributed by atoms with van der Waals surface area (Å²) in [5, 5.41) is 9.49. The summed E-state index contributed by atoms with van der Waals surface area (Å²) in [5.41, 5.74) is 0.109. The molecule has 0 rings (SSSR count). The molecule has 20 heavy (non-hydrogen) atoms. The summed E-state index contributed by atoms with van der Waals surface area (Å²) >= 11 is 0. The third-order valence-electron chi connectivity index (χ3n) is 4.42. The lowest BCUT2D eigenvalue weighted by Gasteiger charge is -2.31. The molecule has 4 heteroatoms. The highest BCUT2D eigenvalue weighted by Crippen LogP contribution is 2.26. The van der Waals surface area contributed by atoms with Crippen LogP contribution in [0.3, 0.4) is 0 Å². The second kappa shape index (κ2) is 10.1. The van der Waals surface area contributed by atoms with Crippen LogP contribution in [0.1, 0.15) is 39.5 Å². The van der Waals surface area contributed by atoms with E-state index in [4.69, 9.17) is 4.74 Å². The number of aliphatic hydroxyl groups excluding tert-OH is 1. The largest absolute Gasteiger partial charge is 0.394 e. The van der Waals surface area contributed by atoms with Crippen LogP contribution >= 0.6 is 0 Å². The van der Waals surface area contributed by atoms with Gasteiger partial charge in [0.2, 0.25) is 0 Å². The third-order valence-corrected chi connectivity index (χ3v) is 11.2. The van der Waals surface area contributed by atoms with Crippen molar-refractivity contribution >= 4 is 16.1 Å². The molecule has 0 bridgehead atoms. The fourth-order valence-corrected chi connectivity index (χ4v) is 7.55. The normalized spacial score (nSPS) is 14.6. The van der Waals surface area contributed by atoms with Crippen molar-refractivity contribution in [1.29, 1.82) is 0 Å². The SMILES string of the molecule is CCCC[Si](C)(CCCC)CCOC(CO)[Si](C)(C)C. The average Bonchev–Trinajstić information content (AvgIpc) is 2.38. The van der Waals surface area contributed by atoms with Gasteiger partial charge in [0, 0.05) is 6.61 Å². The van der Waals surface area contributed by atoms with E-state index in [1.165, 1.54) is 43.8 Å². The number of rotatable bonds is 12. The molecular weight excluding hydrogens is 280 g/mol. The Morgan fingerprint density at radius 1 is 0.900 bits per heavy atom. The van der Waals surface area contributed by atoms with Crippen LogP contribution in [0.4, 0.5) is 0 Å². The van der Waals surface area contributed by atoms with E-state index in [1.807, 2.05) is 0 Å². The molecule has 0 spiro atoms. The van der Waals surface area contributed by atoms with E-state index >= 15 is 0 Å². The van der Waals surface area contributed by atoms with Crippen molar-refractivity contribution in [3.05, 3.63) is 0 Å². The van der Waals surface area contributed by atoms with Gasteiger partial charge in [0.05, 0.1) is 28.5 Å². The zero-order valence-corrected chi connectivity index (χ0v) is 16.8. The van der Waals surface area contributed by atoms with Crippen LogP contribution in [-0.4, -0.2) is 40.2 Å². The quantitative estimate of drug-likeness (QED) is 0.517. The first-order chi connectivity index (χ1) is 9.29. The standard InChI is InChI=1S/C16H38O2Si2/c1-7-9-12-20(6,13-10-8-2)14-11-18-16(15-17)19(3,4)5/h16-17H,7-15H2,1-6H3. The molecule has 0 aromatic rings. The highest BCUT2D eigenvalue weighted by molar-refractivity contribution is 6.78. The molecule has 1 atom stereocenters. The van der Waals surface area contributed by atoms with Crippen LogP contribution in [0.2, 0.25) is 44.3 Å². The number of aliphatic hydroxyl groups is 1. The molecule has 0 aromatic heterocycles. The minimum atomic E-state index is -1.39. The Balaban J connectivity index is 4.30. The maximum Gasteiger partial charge on any atom is 0.0815 e. The summed E-state index contributed by atoms with van der Waals surface area (Å²) in [6.45, 7) is 15.0. The first-order valence-electron chi connectivity index (χ1n) is 8.51. The molecular formula is C16H38O2Si2. The van der Waals surface area contributed by atoms with Crippen molar-refractivity contribution in [2.45, 2.75) is 89.6 Å². The molecule has 0 radical (unpaired) electrons. The molecule has 0 aliphatic carbocycles. The van der Waals surface area contributed by atoms with Crippen molar-refractivity contribution in [3.63, 3.8) is 0 Å². The Labute approximate surface area is 129 Å². The van der Waals surface area contributed by atoms with Gasteiger partial charge in [-0.2, -0.15) is 0 Å². The highest BCUT2D eigenvalue weighted by atomic mass is 28.3. The first kappa shape index (κ1) is 20.4. The molecule has 0 saturated heterocycles. The van der Waals surface area contributed by atoms with E-state index in [0.29, 0.717) is 0 Å². The van der Waals surface area contributed by atoms with Crippen molar-refractivity contribution in [3.8, 4) is 0 Å². The van der Waals surface area contributed by atoms with E-state index in [-0.39, 0.29) is 12.3 Å². The van der Waals surface area contributed by atoms with Crippen molar-refractivity contribution in [1.82, 2.24) is 0 Å². The first-order valence-corrected chi connectivity index (χ1v) is 15.2. The van der Waals surface area contributed by atoms with E-state index < -0.39 is 16.1 Å². The van der Waals surface area contributed by atoms with E-state index in [2.05, 4.69) is 40.0 Å². The fraction of sp³-hybridized carbons (Fsp3) is 1.00. The summed E-state index contributed by atoms with van der Waals surface area (Å²) in [6, 6.07) is 4.17. The monoisotopic (exact) mass is 318 g/mol. The van der Waals surface area contributed by atoms with Gasteiger partial charge in [0.25, 0.3) is 0 Å². The molecule has 0 saturated carbocycles. The van der Waals surface area contributed by atoms with Crippen molar-refractivity contribution < 1.29 is 9.84 Å². The molecule has 0 aliphatic heterocycles. The number of hydrogen-bond donors (Lipinski definition) is 1. The predicted octanol–water partition coefficient (Wildman–Crippen LogP) is 4.92. The second-order valence-corrected chi connectivity index (χ2v) is 18.2. The summed E-state index contributed by atoms with van der Waals surface area (Å²) in [4.78, 5) is 0. The maximum atomic E-state index is 9.49. The van der Waals surface area contributed by atoms with E-state index in [0.717, 1.165) is 6.61 Å². The number of unbranched alkanes of at least 4 members (excludes halogenated alkanes) is 2. The smallest absolute Gasteiger partial charge is 0.0815 e. The molecule has 0 fully saturated rings. The van der Waals surface area contributed by atoms with Crippen molar-refractivity contribution in [2.75, 3.05) is 13.2 Å². The predicted molar refractivity (Wildman–Crippen MR) is 96.0 cm³/mol. The fourth-order valence-electron chi connectivity index (χ4n) is 2.61. The summed E-state index contributed by atoms with van der Waals surface area (Å²) in [7, 11) is -2.51. The molecule has 122 valence electrons. The summed E-state index contributed by atoms with van der Waals surface area (Å²) in [6.07, 6.45) is 5.38. The van der Waals surface area contributed by atoms with Gasteiger partial charge in [-0.1, -0.05) is 77.8 Å². The van der Waals surface area contributed by atoms with Gasteiger partial charge in [0.15, 0.2) is 0 Å². The molecule has 1 unspecified atom stereocenters. The second-order valence-electron chi connectivity index (χ2n) is 7.68. The van der Waals surface area contributed by atoms with Crippen LogP contribution in [-0.2, 0) is 4.74 Å². The molecule has 1 N–H and O–H groups in total. The van der Waals surface area contributed by atoms with Gasteiger partial charge < -0.3 is 9.84 Å². The topological polar surface area (TPSA) is 29.5 Å². The average molecular weight is 319 g/mol. The lowest BCUT2D eigenvalue weighted by Crippen LogP contribution is -2.44. The van der Waals surface area contributed by atoms with Crippen LogP contribution < -0.4 is 0 Å². The Hall–Kier alpha value is 0.354. The molecule has 0 aliphatic rings. The van der Waals surface area contributed by atoms with Crippen LogP contribution in [0.15, 0.2) is 0 Å². The number of ether oxygens (including phenoxy) is 1. The maximum absolute atomic E-state index is 9.49. The van der Waals surface area contributed by atoms with Gasteiger partial charge >= 0.3 is 0 Å². The van der Waals surface area contributed by atoms with Crippen LogP contribution in [0.5, 0.6) is 0 Å². The Morgan fingerprint density at radius 3 is 1.75 bits per heavy atom. The van der Waals surface area contributed by atoms with Gasteiger partial charge in [-0.15, -0.1) is 0 Å². The van der Waals surface area contributed by atoms with E-state index in [9.17, 15) is 5.11 Å². The van der Waals surface area contributed by atoms with Gasteiger partial charge in [0.1, 0.15) is 0 Å². The third kappa shape index (κ3) is 8.60. The molecule has 0 aromatic carbocycles. The zero-order chi connectivity index (χ0) is 15.6. The van der Waals surface area contributed by atoms with Gasteiger partial charge in [-0.05, 0) is 6.04 Å². The summed E-state index contributed by atoms with van der Waals surface area (Å²) in [5.74, 6) is 0. The molecule has 0 amide bonds. The Bertz CT molecular complexity index is 231. The Morgan fingerprint density at radius 2 is 1.40 bits per heavy atom. The summed E-state index contributed by atoms with van der Waals surface area (Å²) < 4.78 is 6.06. The van der Waals surface area contributed by atoms with Crippen molar-refractivity contribution in [2.24, 2.45) is 0 Å². The van der Waals surface area contributed by atoms with Gasteiger partial charge in [-0.3, -0.25) is 0 Å². The lowest BCUT2D eigenvalue weighted by molar-refractivity contribution is 0.0642. The molecule has 2 nitrogen and oxygen atoms in total.